The van der Waals surface area contributed by atoms with E-state index in [9.17, 15) is 14.7 Å². The van der Waals surface area contributed by atoms with Crippen LogP contribution in [-0.2, 0) is 19.9 Å². The van der Waals surface area contributed by atoms with Crippen LogP contribution in [0.25, 0.3) is 0 Å². The molecule has 4 heterocycles. The van der Waals surface area contributed by atoms with Gasteiger partial charge in [0, 0.05) is 24.8 Å². The van der Waals surface area contributed by atoms with E-state index >= 15 is 0 Å². The van der Waals surface area contributed by atoms with Crippen molar-refractivity contribution in [3.05, 3.63) is 84.1 Å². The molecule has 1 aromatic heterocycles. The second kappa shape index (κ2) is 10.9. The van der Waals surface area contributed by atoms with Crippen molar-refractivity contribution in [1.82, 2.24) is 5.16 Å². The summed E-state index contributed by atoms with van der Waals surface area (Å²) in [5.74, 6) is -0.107. The summed E-state index contributed by atoms with van der Waals surface area (Å²) in [7, 11) is 0. The summed E-state index contributed by atoms with van der Waals surface area (Å²) in [6, 6.07) is 19.5. The maximum atomic E-state index is 13.6. The minimum absolute atomic E-state index is 0. The van der Waals surface area contributed by atoms with Crippen LogP contribution in [0.3, 0.4) is 0 Å². The third-order valence-corrected chi connectivity index (χ3v) is 7.50. The fourth-order valence-corrected chi connectivity index (χ4v) is 5.47. The monoisotopic (exact) mass is 555 g/mol. The first-order chi connectivity index (χ1) is 17.0. The van der Waals surface area contributed by atoms with Crippen LogP contribution in [0.4, 0.5) is 5.82 Å². The standard InChI is InChI=1S/C27H29N3O5.BrH/c31-25(28-24-14-18-34-29-24)13-17-30-15-11-20(12-16-30)23(19-30)35-26(32)27(33,21-7-3-1-4-8-21)22-9-5-2-6-10-22;/h1-10,14,18,20,23,33H,11-13,15-17,19H2;1H/t20?,23-,30?;/m0./s1. The maximum absolute atomic E-state index is 13.6. The van der Waals surface area contributed by atoms with Gasteiger partial charge in [-0.1, -0.05) is 65.8 Å². The van der Waals surface area contributed by atoms with E-state index in [1.165, 1.54) is 6.26 Å². The average molecular weight is 556 g/mol. The number of nitrogens with one attached hydrogen (secondary N) is 1. The molecule has 9 heteroatoms. The minimum atomic E-state index is -1.89. The summed E-state index contributed by atoms with van der Waals surface area (Å²) in [4.78, 5) is 26.0. The van der Waals surface area contributed by atoms with Crippen LogP contribution in [0.5, 0.6) is 0 Å². The molecule has 3 aliphatic heterocycles. The molecule has 36 heavy (non-hydrogen) atoms. The van der Waals surface area contributed by atoms with Gasteiger partial charge in [-0.3, -0.25) is 4.79 Å². The smallest absolute Gasteiger partial charge is 0.348 e. The first-order valence-corrected chi connectivity index (χ1v) is 12.1. The summed E-state index contributed by atoms with van der Waals surface area (Å²) < 4.78 is 11.6. The largest absolute Gasteiger partial charge is 1.00 e. The molecule has 6 rings (SSSR count). The van der Waals surface area contributed by atoms with Crippen LogP contribution in [0.15, 0.2) is 77.5 Å². The van der Waals surface area contributed by atoms with E-state index in [-0.39, 0.29) is 34.9 Å². The molecule has 0 aliphatic carbocycles. The summed E-state index contributed by atoms with van der Waals surface area (Å²) >= 11 is 0. The zero-order valence-electron chi connectivity index (χ0n) is 19.9. The van der Waals surface area contributed by atoms with Gasteiger partial charge >= 0.3 is 5.97 Å². The van der Waals surface area contributed by atoms with Crippen LogP contribution in [0.1, 0.15) is 30.4 Å². The van der Waals surface area contributed by atoms with Crippen molar-refractivity contribution in [3.63, 3.8) is 0 Å². The predicted octanol–water partition coefficient (Wildman–Crippen LogP) is 0.0955. The molecular weight excluding hydrogens is 526 g/mol. The number of benzene rings is 2. The molecule has 2 bridgehead atoms. The Bertz CT molecular complexity index is 1110. The topological polar surface area (TPSA) is 102 Å². The van der Waals surface area contributed by atoms with Crippen LogP contribution in [0, 0.1) is 5.92 Å². The van der Waals surface area contributed by atoms with Crippen molar-refractivity contribution in [2.24, 2.45) is 5.92 Å². The minimum Gasteiger partial charge on any atom is -1.00 e. The fourth-order valence-electron chi connectivity index (χ4n) is 5.47. The third-order valence-electron chi connectivity index (χ3n) is 7.50. The lowest BCUT2D eigenvalue weighted by molar-refractivity contribution is -0.945. The fraction of sp³-hybridized carbons (Fsp3) is 0.370. The van der Waals surface area contributed by atoms with Crippen LogP contribution in [0.2, 0.25) is 0 Å². The van der Waals surface area contributed by atoms with Gasteiger partial charge in [-0.05, 0) is 11.1 Å². The Morgan fingerprint density at radius 3 is 2.19 bits per heavy atom. The van der Waals surface area contributed by atoms with Crippen molar-refractivity contribution in [3.8, 4) is 0 Å². The number of amides is 1. The van der Waals surface area contributed by atoms with Crippen molar-refractivity contribution < 1.29 is 45.4 Å². The van der Waals surface area contributed by atoms with Gasteiger partial charge in [0.15, 0.2) is 11.9 Å². The number of ether oxygens (including phenoxy) is 1. The number of carbonyl (C=O) groups excluding carboxylic acids is 2. The number of fused-ring (bicyclic) bond motifs is 3. The number of aromatic nitrogens is 1. The van der Waals surface area contributed by atoms with E-state index in [0.29, 0.717) is 36.5 Å². The second-order valence-electron chi connectivity index (χ2n) is 9.60. The zero-order chi connectivity index (χ0) is 24.3. The molecule has 8 nitrogen and oxygen atoms in total. The first kappa shape index (κ1) is 26.1. The number of hydrogen-bond donors (Lipinski definition) is 2. The lowest BCUT2D eigenvalue weighted by Crippen LogP contribution is -3.00. The second-order valence-corrected chi connectivity index (χ2v) is 9.60. The average Bonchev–Trinajstić information content (AvgIpc) is 3.42. The Morgan fingerprint density at radius 2 is 1.64 bits per heavy atom. The predicted molar refractivity (Wildman–Crippen MR) is 128 cm³/mol. The lowest BCUT2D eigenvalue weighted by atomic mass is 9.82. The van der Waals surface area contributed by atoms with E-state index < -0.39 is 11.6 Å². The quantitative estimate of drug-likeness (QED) is 0.302. The number of hydrogen-bond acceptors (Lipinski definition) is 6. The Balaban J connectivity index is 0.00000304. The summed E-state index contributed by atoms with van der Waals surface area (Å²) in [6.07, 6.45) is 3.31. The van der Waals surface area contributed by atoms with Gasteiger partial charge in [0.1, 0.15) is 12.8 Å². The van der Waals surface area contributed by atoms with Gasteiger partial charge in [0.05, 0.1) is 26.1 Å². The highest BCUT2D eigenvalue weighted by molar-refractivity contribution is 5.89. The molecular formula is C27H30BrN3O5. The number of nitrogens with zero attached hydrogens (tertiary/aromatic N) is 2. The maximum Gasteiger partial charge on any atom is 0.348 e. The number of carbonyl (C=O) groups is 2. The summed E-state index contributed by atoms with van der Waals surface area (Å²) in [5, 5.41) is 18.2. The Labute approximate surface area is 220 Å². The number of aliphatic hydroxyl groups is 1. The number of quaternary nitrogens is 1. The van der Waals surface area contributed by atoms with Crippen molar-refractivity contribution in [1.29, 1.82) is 0 Å². The molecule has 0 spiro atoms. The highest BCUT2D eigenvalue weighted by Gasteiger charge is 2.50. The summed E-state index contributed by atoms with van der Waals surface area (Å²) in [6.45, 7) is 3.22. The third kappa shape index (κ3) is 5.23. The molecule has 0 unspecified atom stereocenters. The number of anilines is 1. The van der Waals surface area contributed by atoms with Crippen molar-refractivity contribution in [2.75, 3.05) is 31.5 Å². The van der Waals surface area contributed by atoms with E-state index in [2.05, 4.69) is 10.5 Å². The van der Waals surface area contributed by atoms with E-state index in [0.717, 1.165) is 30.4 Å². The first-order valence-electron chi connectivity index (χ1n) is 12.1. The van der Waals surface area contributed by atoms with Gasteiger partial charge < -0.3 is 41.1 Å². The Hall–Kier alpha value is -3.01. The van der Waals surface area contributed by atoms with Crippen LogP contribution >= 0.6 is 0 Å². The number of piperidine rings is 3. The highest BCUT2D eigenvalue weighted by Crippen LogP contribution is 2.38. The van der Waals surface area contributed by atoms with E-state index in [1.807, 2.05) is 12.1 Å². The molecule has 3 saturated heterocycles. The normalized spacial score (nSPS) is 22.9. The van der Waals surface area contributed by atoms with E-state index in [4.69, 9.17) is 9.26 Å². The number of rotatable bonds is 8. The van der Waals surface area contributed by atoms with Gasteiger partial charge in [-0.25, -0.2) is 4.79 Å². The molecule has 0 radical (unpaired) electrons. The lowest BCUT2D eigenvalue weighted by Gasteiger charge is -2.52. The number of esters is 1. The highest BCUT2D eigenvalue weighted by atomic mass is 79.9. The molecule has 2 aromatic carbocycles. The number of halogens is 1. The van der Waals surface area contributed by atoms with Gasteiger partial charge in [0.2, 0.25) is 11.5 Å². The molecule has 3 aromatic rings. The van der Waals surface area contributed by atoms with Crippen LogP contribution in [-0.4, -0.2) is 58.9 Å². The molecule has 190 valence electrons. The zero-order valence-corrected chi connectivity index (χ0v) is 21.5. The molecule has 3 aliphatic rings. The molecule has 3 fully saturated rings. The van der Waals surface area contributed by atoms with E-state index in [1.54, 1.807) is 54.6 Å². The SMILES string of the molecule is O=C(CC[N+]12CCC(CC1)[C@@H](OC(=O)C(O)(c1ccccc1)c1ccccc1)C2)Nc1ccon1.[Br-]. The molecule has 1 atom stereocenters. The Kier molecular flexibility index (Phi) is 7.92. The van der Waals surface area contributed by atoms with Gasteiger partial charge in [0.25, 0.3) is 0 Å². The molecule has 1 amide bonds. The Morgan fingerprint density at radius 1 is 1.03 bits per heavy atom. The van der Waals surface area contributed by atoms with Gasteiger partial charge in [-0.2, -0.15) is 0 Å². The van der Waals surface area contributed by atoms with Crippen LogP contribution < -0.4 is 22.3 Å². The summed E-state index contributed by atoms with van der Waals surface area (Å²) in [5.41, 5.74) is -0.937. The van der Waals surface area contributed by atoms with Crippen molar-refractivity contribution >= 4 is 17.7 Å². The van der Waals surface area contributed by atoms with Crippen molar-refractivity contribution in [2.45, 2.75) is 31.0 Å². The van der Waals surface area contributed by atoms with Gasteiger partial charge in [-0.15, -0.1) is 0 Å². The molecule has 0 saturated carbocycles. The molecule has 2 N–H and O–H groups in total.